The average molecular weight is 295 g/mol. The summed E-state index contributed by atoms with van der Waals surface area (Å²) in [5.41, 5.74) is 7.50. The van der Waals surface area contributed by atoms with Crippen molar-refractivity contribution in [2.45, 2.75) is 25.8 Å². The maximum Gasteiger partial charge on any atom is 0.124 e. The van der Waals surface area contributed by atoms with E-state index in [0.717, 1.165) is 43.7 Å². The number of nitrogens with zero attached hydrogens (tertiary/aromatic N) is 2. The Morgan fingerprint density at radius 3 is 2.85 bits per heavy atom. The molecule has 1 aromatic rings. The molecule has 4 nitrogen and oxygen atoms in total. The fourth-order valence-electron chi connectivity index (χ4n) is 2.88. The third kappa shape index (κ3) is 3.25. The van der Waals surface area contributed by atoms with Crippen LogP contribution in [0.4, 0.5) is 5.69 Å². The minimum Gasteiger partial charge on any atom is -0.384 e. The van der Waals surface area contributed by atoms with Gasteiger partial charge in [0.2, 0.25) is 0 Å². The molecule has 0 spiro atoms. The van der Waals surface area contributed by atoms with Gasteiger partial charge in [-0.15, -0.1) is 0 Å². The number of rotatable bonds is 3. The van der Waals surface area contributed by atoms with Gasteiger partial charge in [-0.05, 0) is 44.6 Å². The van der Waals surface area contributed by atoms with E-state index >= 15 is 0 Å². The number of nitrogens with one attached hydrogen (secondary N) is 1. The van der Waals surface area contributed by atoms with Crippen molar-refractivity contribution in [3.8, 4) is 0 Å². The second-order valence-electron chi connectivity index (χ2n) is 5.45. The van der Waals surface area contributed by atoms with Crippen molar-refractivity contribution in [1.82, 2.24) is 4.90 Å². The SMILES string of the molecule is CCC1CN(C)CCCN1c1cc(Cl)ccc1C(=N)N. The second-order valence-corrected chi connectivity index (χ2v) is 5.88. The lowest BCUT2D eigenvalue weighted by Gasteiger charge is -2.33. The molecule has 1 aliphatic heterocycles. The number of benzene rings is 1. The molecule has 1 aliphatic rings. The monoisotopic (exact) mass is 294 g/mol. The molecule has 1 heterocycles. The van der Waals surface area contributed by atoms with Gasteiger partial charge in [0.05, 0.1) is 0 Å². The Labute approximate surface area is 126 Å². The molecular weight excluding hydrogens is 272 g/mol. The van der Waals surface area contributed by atoms with Crippen LogP contribution in [0.15, 0.2) is 18.2 Å². The van der Waals surface area contributed by atoms with Crippen LogP contribution in [0.1, 0.15) is 25.3 Å². The fourth-order valence-corrected chi connectivity index (χ4v) is 3.05. The maximum atomic E-state index is 7.78. The van der Waals surface area contributed by atoms with E-state index in [0.29, 0.717) is 11.1 Å². The minimum atomic E-state index is 0.101. The summed E-state index contributed by atoms with van der Waals surface area (Å²) >= 11 is 6.15. The number of hydrogen-bond acceptors (Lipinski definition) is 3. The zero-order valence-corrected chi connectivity index (χ0v) is 13.0. The summed E-state index contributed by atoms with van der Waals surface area (Å²) in [7, 11) is 2.16. The predicted octanol–water partition coefficient (Wildman–Crippen LogP) is 2.54. The van der Waals surface area contributed by atoms with Gasteiger partial charge in [-0.2, -0.15) is 0 Å². The summed E-state index contributed by atoms with van der Waals surface area (Å²) < 4.78 is 0. The Bertz CT molecular complexity index is 489. The minimum absolute atomic E-state index is 0.101. The number of halogens is 1. The van der Waals surface area contributed by atoms with Crippen molar-refractivity contribution in [2.24, 2.45) is 5.73 Å². The Hall–Kier alpha value is -1.26. The van der Waals surface area contributed by atoms with E-state index in [1.165, 1.54) is 0 Å². The second kappa shape index (κ2) is 6.46. The number of anilines is 1. The van der Waals surface area contributed by atoms with Gasteiger partial charge in [0.15, 0.2) is 0 Å². The van der Waals surface area contributed by atoms with E-state index in [1.54, 1.807) is 6.07 Å². The molecule has 110 valence electrons. The fraction of sp³-hybridized carbons (Fsp3) is 0.533. The van der Waals surface area contributed by atoms with Crippen molar-refractivity contribution >= 4 is 23.1 Å². The molecule has 0 aliphatic carbocycles. The summed E-state index contributed by atoms with van der Waals surface area (Å²) in [5.74, 6) is 0.101. The first kappa shape index (κ1) is 15.1. The molecule has 0 aromatic heterocycles. The predicted molar refractivity (Wildman–Crippen MR) is 86.0 cm³/mol. The highest BCUT2D eigenvalue weighted by Crippen LogP contribution is 2.28. The molecule has 0 radical (unpaired) electrons. The molecule has 1 fully saturated rings. The van der Waals surface area contributed by atoms with E-state index in [9.17, 15) is 0 Å². The van der Waals surface area contributed by atoms with Gasteiger partial charge in [0, 0.05) is 35.4 Å². The smallest absolute Gasteiger partial charge is 0.124 e. The third-order valence-corrected chi connectivity index (χ3v) is 4.17. The van der Waals surface area contributed by atoms with Crippen molar-refractivity contribution < 1.29 is 0 Å². The molecule has 1 atom stereocenters. The molecule has 1 saturated heterocycles. The standard InChI is InChI=1S/C15H23ClN4/c1-3-12-10-19(2)7-4-8-20(12)14-9-11(16)5-6-13(14)15(17)18/h5-6,9,12H,3-4,7-8,10H2,1-2H3,(H3,17,18). The summed E-state index contributed by atoms with van der Waals surface area (Å²) in [6, 6.07) is 6.01. The zero-order valence-electron chi connectivity index (χ0n) is 12.2. The van der Waals surface area contributed by atoms with Crippen LogP contribution in [-0.2, 0) is 0 Å². The van der Waals surface area contributed by atoms with Crippen molar-refractivity contribution in [3.05, 3.63) is 28.8 Å². The van der Waals surface area contributed by atoms with Gasteiger partial charge in [0.25, 0.3) is 0 Å². The van der Waals surface area contributed by atoms with Gasteiger partial charge in [-0.1, -0.05) is 18.5 Å². The summed E-state index contributed by atoms with van der Waals surface area (Å²) in [5, 5.41) is 8.47. The maximum absolute atomic E-state index is 7.78. The number of hydrogen-bond donors (Lipinski definition) is 2. The number of nitrogens with two attached hydrogens (primary N) is 1. The Kier molecular flexibility index (Phi) is 4.89. The van der Waals surface area contributed by atoms with E-state index in [4.69, 9.17) is 22.7 Å². The lowest BCUT2D eigenvalue weighted by Crippen LogP contribution is -2.40. The molecule has 20 heavy (non-hydrogen) atoms. The lowest BCUT2D eigenvalue weighted by molar-refractivity contribution is 0.328. The Balaban J connectivity index is 2.41. The highest BCUT2D eigenvalue weighted by molar-refractivity contribution is 6.31. The zero-order chi connectivity index (χ0) is 14.7. The highest BCUT2D eigenvalue weighted by atomic mass is 35.5. The van der Waals surface area contributed by atoms with Crippen LogP contribution < -0.4 is 10.6 Å². The van der Waals surface area contributed by atoms with Gasteiger partial charge >= 0.3 is 0 Å². The molecule has 5 heteroatoms. The topological polar surface area (TPSA) is 56.4 Å². The number of amidine groups is 1. The highest BCUT2D eigenvalue weighted by Gasteiger charge is 2.24. The molecule has 3 N–H and O–H groups in total. The lowest BCUT2D eigenvalue weighted by atomic mass is 10.1. The molecule has 0 bridgehead atoms. The normalized spacial score (nSPS) is 20.8. The molecular formula is C15H23ClN4. The van der Waals surface area contributed by atoms with Crippen LogP contribution in [0.25, 0.3) is 0 Å². The summed E-state index contributed by atoms with van der Waals surface area (Å²) in [6.45, 7) is 5.31. The quantitative estimate of drug-likeness (QED) is 0.665. The first-order valence-electron chi connectivity index (χ1n) is 7.12. The Morgan fingerprint density at radius 1 is 1.45 bits per heavy atom. The molecule has 1 aromatic carbocycles. The van der Waals surface area contributed by atoms with Crippen molar-refractivity contribution in [3.63, 3.8) is 0 Å². The average Bonchev–Trinajstić information content (AvgIpc) is 2.59. The molecule has 1 unspecified atom stereocenters. The van der Waals surface area contributed by atoms with Crippen LogP contribution in [0.3, 0.4) is 0 Å². The van der Waals surface area contributed by atoms with E-state index < -0.39 is 0 Å². The number of nitrogen functional groups attached to an aromatic ring is 1. The number of likely N-dealkylation sites (N-methyl/N-ethyl adjacent to an activating group) is 1. The third-order valence-electron chi connectivity index (χ3n) is 3.93. The summed E-state index contributed by atoms with van der Waals surface area (Å²) in [6.07, 6.45) is 2.17. The first-order chi connectivity index (χ1) is 9.52. The van der Waals surface area contributed by atoms with Crippen LogP contribution in [0, 0.1) is 5.41 Å². The first-order valence-corrected chi connectivity index (χ1v) is 7.49. The van der Waals surface area contributed by atoms with Crippen LogP contribution >= 0.6 is 11.6 Å². The largest absolute Gasteiger partial charge is 0.384 e. The van der Waals surface area contributed by atoms with Gasteiger partial charge in [0.1, 0.15) is 5.84 Å². The van der Waals surface area contributed by atoms with E-state index in [-0.39, 0.29) is 5.84 Å². The van der Waals surface area contributed by atoms with Crippen molar-refractivity contribution in [2.75, 3.05) is 31.6 Å². The summed E-state index contributed by atoms with van der Waals surface area (Å²) in [4.78, 5) is 4.73. The Morgan fingerprint density at radius 2 is 2.20 bits per heavy atom. The van der Waals surface area contributed by atoms with Crippen LogP contribution in [0.5, 0.6) is 0 Å². The van der Waals surface area contributed by atoms with E-state index in [2.05, 4.69) is 23.8 Å². The van der Waals surface area contributed by atoms with Crippen molar-refractivity contribution in [1.29, 1.82) is 5.41 Å². The molecule has 2 rings (SSSR count). The van der Waals surface area contributed by atoms with Crippen LogP contribution in [0.2, 0.25) is 5.02 Å². The van der Waals surface area contributed by atoms with Crippen LogP contribution in [-0.4, -0.2) is 43.5 Å². The van der Waals surface area contributed by atoms with Gasteiger partial charge < -0.3 is 15.5 Å². The molecule has 0 amide bonds. The molecule has 0 saturated carbocycles. The van der Waals surface area contributed by atoms with Gasteiger partial charge in [-0.3, -0.25) is 5.41 Å². The van der Waals surface area contributed by atoms with E-state index in [1.807, 2.05) is 12.1 Å². The van der Waals surface area contributed by atoms with Gasteiger partial charge in [-0.25, -0.2) is 0 Å².